The zero-order valence-corrected chi connectivity index (χ0v) is 17.7. The molecule has 1 saturated heterocycles. The summed E-state index contributed by atoms with van der Waals surface area (Å²) in [4.78, 5) is 37.2. The maximum absolute atomic E-state index is 12.8. The fourth-order valence-electron chi connectivity index (χ4n) is 8.76. The van der Waals surface area contributed by atoms with Crippen LogP contribution >= 0.6 is 0 Å². The molecule has 1 aliphatic heterocycles. The summed E-state index contributed by atoms with van der Waals surface area (Å²) in [6.07, 6.45) is 6.59. The number of Topliss-reactive ketones (excluding diaryl/α,β-unsaturated/α-hetero) is 1. The third-order valence-electron chi connectivity index (χ3n) is 10.2. The van der Waals surface area contributed by atoms with Crippen molar-refractivity contribution in [3.05, 3.63) is 11.6 Å². The summed E-state index contributed by atoms with van der Waals surface area (Å²) in [5.74, 6) is 1.79. The highest BCUT2D eigenvalue weighted by atomic mass is 16.6. The lowest BCUT2D eigenvalue weighted by atomic mass is 9.46. The van der Waals surface area contributed by atoms with Gasteiger partial charge in [-0.2, -0.15) is 0 Å². The third-order valence-corrected chi connectivity index (χ3v) is 10.2. The Labute approximate surface area is 171 Å². The summed E-state index contributed by atoms with van der Waals surface area (Å²) < 4.78 is 12.1. The normalized spacial score (nSPS) is 56.1. The minimum atomic E-state index is -0.999. The molecular formula is C24H30O5. The van der Waals surface area contributed by atoms with Gasteiger partial charge in [-0.25, -0.2) is 0 Å². The Morgan fingerprint density at radius 1 is 1.10 bits per heavy atom. The van der Waals surface area contributed by atoms with Crippen LogP contribution < -0.4 is 0 Å². The van der Waals surface area contributed by atoms with E-state index in [-0.39, 0.29) is 40.7 Å². The average Bonchev–Trinajstić information content (AvgIpc) is 3.54. The van der Waals surface area contributed by atoms with Gasteiger partial charge in [-0.15, -0.1) is 0 Å². The molecule has 5 fully saturated rings. The molecule has 0 aromatic heterocycles. The van der Waals surface area contributed by atoms with Crippen molar-refractivity contribution < 1.29 is 23.9 Å². The van der Waals surface area contributed by atoms with Gasteiger partial charge in [0.1, 0.15) is 6.10 Å². The highest BCUT2D eigenvalue weighted by molar-refractivity contribution is 5.96. The van der Waals surface area contributed by atoms with E-state index in [1.54, 1.807) is 6.92 Å². The van der Waals surface area contributed by atoms with Crippen molar-refractivity contribution >= 4 is 17.5 Å². The van der Waals surface area contributed by atoms with E-state index in [4.69, 9.17) is 9.47 Å². The van der Waals surface area contributed by atoms with Gasteiger partial charge in [0.2, 0.25) is 0 Å². The maximum atomic E-state index is 12.8. The minimum absolute atomic E-state index is 0.0162. The molecule has 10 atom stereocenters. The van der Waals surface area contributed by atoms with Crippen molar-refractivity contribution in [3.63, 3.8) is 0 Å². The molecule has 156 valence electrons. The zero-order chi connectivity index (χ0) is 20.5. The largest absolute Gasteiger partial charge is 0.451 e. The van der Waals surface area contributed by atoms with Gasteiger partial charge in [-0.05, 0) is 79.8 Å². The lowest BCUT2D eigenvalue weighted by Gasteiger charge is -2.58. The molecule has 0 bridgehead atoms. The molecule has 5 heteroatoms. The number of esters is 1. The van der Waals surface area contributed by atoms with Gasteiger partial charge in [0.25, 0.3) is 0 Å². The van der Waals surface area contributed by atoms with Gasteiger partial charge in [0, 0.05) is 18.3 Å². The van der Waals surface area contributed by atoms with Crippen molar-refractivity contribution in [1.82, 2.24) is 0 Å². The number of hydrogen-bond acceptors (Lipinski definition) is 5. The fourth-order valence-corrected chi connectivity index (χ4v) is 8.76. The van der Waals surface area contributed by atoms with Crippen molar-refractivity contribution in [2.75, 3.05) is 0 Å². The molecule has 6 rings (SSSR count). The first-order valence-electron chi connectivity index (χ1n) is 11.3. The van der Waals surface area contributed by atoms with Gasteiger partial charge in [0.15, 0.2) is 17.2 Å². The van der Waals surface area contributed by atoms with Crippen LogP contribution in [0.3, 0.4) is 0 Å². The van der Waals surface area contributed by atoms with E-state index in [2.05, 4.69) is 13.8 Å². The summed E-state index contributed by atoms with van der Waals surface area (Å²) in [5, 5.41) is 0. The van der Waals surface area contributed by atoms with Crippen molar-refractivity contribution in [2.45, 2.75) is 77.6 Å². The average molecular weight is 398 g/mol. The van der Waals surface area contributed by atoms with Crippen LogP contribution in [0.15, 0.2) is 11.6 Å². The number of rotatable bonds is 2. The summed E-state index contributed by atoms with van der Waals surface area (Å²) in [5.41, 5.74) is -0.0364. The van der Waals surface area contributed by atoms with E-state index >= 15 is 0 Å². The Bertz CT molecular complexity index is 890. The lowest BCUT2D eigenvalue weighted by Crippen LogP contribution is -2.60. The molecule has 0 spiro atoms. The van der Waals surface area contributed by atoms with Crippen LogP contribution in [-0.2, 0) is 23.9 Å². The Morgan fingerprint density at radius 3 is 2.52 bits per heavy atom. The van der Waals surface area contributed by atoms with Crippen molar-refractivity contribution in [2.24, 2.45) is 40.4 Å². The smallest absolute Gasteiger partial charge is 0.303 e. The topological polar surface area (TPSA) is 73.0 Å². The van der Waals surface area contributed by atoms with E-state index < -0.39 is 5.60 Å². The molecule has 29 heavy (non-hydrogen) atoms. The molecule has 10 unspecified atom stereocenters. The van der Waals surface area contributed by atoms with Crippen LogP contribution in [0.2, 0.25) is 0 Å². The summed E-state index contributed by atoms with van der Waals surface area (Å²) in [6.45, 7) is 7.57. The van der Waals surface area contributed by atoms with Gasteiger partial charge >= 0.3 is 5.97 Å². The van der Waals surface area contributed by atoms with Crippen LogP contribution in [0.1, 0.15) is 59.8 Å². The van der Waals surface area contributed by atoms with Crippen LogP contribution in [0.4, 0.5) is 0 Å². The second kappa shape index (κ2) is 5.22. The van der Waals surface area contributed by atoms with Crippen LogP contribution in [0.25, 0.3) is 0 Å². The standard InChI is InChI=1S/C24H30O5/c1-11(25)24(29-12(2)26)8-6-14-19-15(5-7-22(14,24)3)23(4)16-9-13(16)18(27)10-17(23)20-21(19)28-20/h10,13-16,19-21H,5-9H2,1-4H3. The van der Waals surface area contributed by atoms with Crippen LogP contribution in [-0.4, -0.2) is 35.3 Å². The number of carbonyl (C=O) groups is 3. The number of carbonyl (C=O) groups excluding carboxylic acids is 3. The highest BCUT2D eigenvalue weighted by Crippen LogP contribution is 2.75. The predicted molar refractivity (Wildman–Crippen MR) is 104 cm³/mol. The predicted octanol–water partition coefficient (Wildman–Crippen LogP) is 3.25. The number of ether oxygens (including phenoxy) is 2. The Morgan fingerprint density at radius 2 is 1.83 bits per heavy atom. The first-order chi connectivity index (χ1) is 13.6. The number of epoxide rings is 1. The minimum Gasteiger partial charge on any atom is -0.451 e. The van der Waals surface area contributed by atoms with Gasteiger partial charge in [-0.3, -0.25) is 14.4 Å². The maximum Gasteiger partial charge on any atom is 0.303 e. The molecule has 0 N–H and O–H groups in total. The van der Waals surface area contributed by atoms with E-state index in [1.165, 1.54) is 12.5 Å². The van der Waals surface area contributed by atoms with E-state index in [0.29, 0.717) is 35.9 Å². The summed E-state index contributed by atoms with van der Waals surface area (Å²) in [7, 11) is 0. The third kappa shape index (κ3) is 1.94. The fraction of sp³-hybridized carbons (Fsp3) is 0.792. The Balaban J connectivity index is 1.42. The molecule has 0 amide bonds. The van der Waals surface area contributed by atoms with Gasteiger partial charge in [-0.1, -0.05) is 13.8 Å². The summed E-state index contributed by atoms with van der Waals surface area (Å²) in [6, 6.07) is 0. The second-order valence-electron chi connectivity index (χ2n) is 11.0. The van der Waals surface area contributed by atoms with Crippen molar-refractivity contribution in [1.29, 1.82) is 0 Å². The molecule has 4 saturated carbocycles. The zero-order valence-electron chi connectivity index (χ0n) is 17.7. The SMILES string of the molecule is CC(=O)OC1(C(C)=O)CCC2C3C4OC4C4=CC(=O)C5CC5C4(C)C3CCC21C. The number of hydrogen-bond donors (Lipinski definition) is 0. The number of ketones is 2. The highest BCUT2D eigenvalue weighted by Gasteiger charge is 2.76. The quantitative estimate of drug-likeness (QED) is 0.527. The molecule has 6 aliphatic rings. The van der Waals surface area contributed by atoms with Crippen LogP contribution in [0, 0.1) is 40.4 Å². The lowest BCUT2D eigenvalue weighted by molar-refractivity contribution is -0.187. The molecule has 5 aliphatic carbocycles. The first kappa shape index (κ1) is 18.3. The van der Waals surface area contributed by atoms with Crippen LogP contribution in [0.5, 0.6) is 0 Å². The van der Waals surface area contributed by atoms with E-state index in [0.717, 1.165) is 25.7 Å². The molecule has 0 radical (unpaired) electrons. The Kier molecular flexibility index (Phi) is 3.29. The van der Waals surface area contributed by atoms with Gasteiger partial charge in [0.05, 0.1) is 6.10 Å². The molecule has 0 aromatic carbocycles. The van der Waals surface area contributed by atoms with Gasteiger partial charge < -0.3 is 9.47 Å². The van der Waals surface area contributed by atoms with Crippen molar-refractivity contribution in [3.8, 4) is 0 Å². The Hall–Kier alpha value is -1.49. The summed E-state index contributed by atoms with van der Waals surface area (Å²) >= 11 is 0. The monoisotopic (exact) mass is 398 g/mol. The van der Waals surface area contributed by atoms with E-state index in [9.17, 15) is 14.4 Å². The first-order valence-corrected chi connectivity index (χ1v) is 11.3. The molecular weight excluding hydrogens is 368 g/mol. The molecule has 5 nitrogen and oxygen atoms in total. The second-order valence-corrected chi connectivity index (χ2v) is 11.0. The van der Waals surface area contributed by atoms with E-state index in [1.807, 2.05) is 6.08 Å². The molecule has 0 aromatic rings. The molecule has 1 heterocycles. The number of fused-ring (bicyclic) bond motifs is 10.